The zero-order valence-electron chi connectivity index (χ0n) is 10.4. The van der Waals surface area contributed by atoms with E-state index in [0.717, 1.165) is 20.4 Å². The first-order valence-corrected chi connectivity index (χ1v) is 7.28. The van der Waals surface area contributed by atoms with Crippen molar-refractivity contribution in [1.29, 1.82) is 0 Å². The molecule has 0 aliphatic carbocycles. The number of hydrogen-bond donors (Lipinski definition) is 2. The molecule has 1 atom stereocenters. The SMILES string of the molecule is NC(CCO)c1ccc(Sc2ccc(Cl)cc2)cc1. The predicted octanol–water partition coefficient (Wildman–Crippen LogP) is 3.87. The number of rotatable bonds is 5. The van der Waals surface area contributed by atoms with Gasteiger partial charge in [0, 0.05) is 27.5 Å². The van der Waals surface area contributed by atoms with E-state index in [1.54, 1.807) is 11.8 Å². The highest BCUT2D eigenvalue weighted by Gasteiger charge is 2.05. The second-order valence-corrected chi connectivity index (χ2v) is 5.83. The Morgan fingerprint density at radius 1 is 1.00 bits per heavy atom. The second-order valence-electron chi connectivity index (χ2n) is 4.24. The molecule has 2 nitrogen and oxygen atoms in total. The van der Waals surface area contributed by atoms with Crippen molar-refractivity contribution in [2.75, 3.05) is 6.61 Å². The van der Waals surface area contributed by atoms with Gasteiger partial charge in [-0.25, -0.2) is 0 Å². The fraction of sp³-hybridized carbons (Fsp3) is 0.200. The number of aliphatic hydroxyl groups is 1. The molecule has 3 N–H and O–H groups in total. The smallest absolute Gasteiger partial charge is 0.0449 e. The van der Waals surface area contributed by atoms with Crippen LogP contribution in [0.5, 0.6) is 0 Å². The summed E-state index contributed by atoms with van der Waals surface area (Å²) in [6, 6.07) is 15.8. The third kappa shape index (κ3) is 4.25. The van der Waals surface area contributed by atoms with E-state index in [9.17, 15) is 0 Å². The van der Waals surface area contributed by atoms with Gasteiger partial charge < -0.3 is 10.8 Å². The quantitative estimate of drug-likeness (QED) is 0.879. The standard InChI is InChI=1S/C15H16ClNOS/c16-12-3-7-14(8-4-12)19-13-5-1-11(2-6-13)15(17)9-10-18/h1-8,15,18H,9-10,17H2. The number of nitrogens with two attached hydrogens (primary N) is 1. The lowest BCUT2D eigenvalue weighted by atomic mass is 10.1. The molecular weight excluding hydrogens is 278 g/mol. The van der Waals surface area contributed by atoms with Crippen molar-refractivity contribution in [1.82, 2.24) is 0 Å². The highest BCUT2D eigenvalue weighted by Crippen LogP contribution is 2.29. The maximum atomic E-state index is 8.87. The first kappa shape index (κ1) is 14.4. The molecule has 0 amide bonds. The van der Waals surface area contributed by atoms with E-state index in [0.29, 0.717) is 6.42 Å². The van der Waals surface area contributed by atoms with Gasteiger partial charge in [-0.2, -0.15) is 0 Å². The van der Waals surface area contributed by atoms with Crippen molar-refractivity contribution in [3.8, 4) is 0 Å². The number of halogens is 1. The zero-order valence-corrected chi connectivity index (χ0v) is 12.0. The van der Waals surface area contributed by atoms with Crippen molar-refractivity contribution >= 4 is 23.4 Å². The van der Waals surface area contributed by atoms with Crippen LogP contribution in [-0.4, -0.2) is 11.7 Å². The summed E-state index contributed by atoms with van der Waals surface area (Å²) in [4.78, 5) is 2.30. The van der Waals surface area contributed by atoms with Crippen LogP contribution in [0.4, 0.5) is 0 Å². The highest BCUT2D eigenvalue weighted by atomic mass is 35.5. The average Bonchev–Trinajstić information content (AvgIpc) is 2.42. The summed E-state index contributed by atoms with van der Waals surface area (Å²) < 4.78 is 0. The van der Waals surface area contributed by atoms with Crippen molar-refractivity contribution in [3.63, 3.8) is 0 Å². The van der Waals surface area contributed by atoms with E-state index in [1.807, 2.05) is 48.5 Å². The maximum Gasteiger partial charge on any atom is 0.0449 e. The third-order valence-corrected chi connectivity index (χ3v) is 4.07. The molecule has 2 aromatic rings. The number of aliphatic hydroxyl groups excluding tert-OH is 1. The van der Waals surface area contributed by atoms with Gasteiger partial charge >= 0.3 is 0 Å². The van der Waals surface area contributed by atoms with E-state index in [2.05, 4.69) is 0 Å². The van der Waals surface area contributed by atoms with E-state index in [4.69, 9.17) is 22.4 Å². The van der Waals surface area contributed by atoms with E-state index >= 15 is 0 Å². The van der Waals surface area contributed by atoms with Crippen LogP contribution < -0.4 is 5.73 Å². The Hall–Kier alpha value is -1.00. The molecule has 2 rings (SSSR count). The summed E-state index contributed by atoms with van der Waals surface area (Å²) in [5, 5.41) is 9.62. The molecule has 0 saturated heterocycles. The molecule has 0 spiro atoms. The molecular formula is C15H16ClNOS. The molecule has 4 heteroatoms. The molecule has 19 heavy (non-hydrogen) atoms. The van der Waals surface area contributed by atoms with Gasteiger partial charge in [-0.05, 0) is 48.4 Å². The Morgan fingerprint density at radius 2 is 1.53 bits per heavy atom. The van der Waals surface area contributed by atoms with Crippen LogP contribution in [0.2, 0.25) is 5.02 Å². The van der Waals surface area contributed by atoms with Gasteiger partial charge in [0.15, 0.2) is 0 Å². The maximum absolute atomic E-state index is 8.87. The number of benzene rings is 2. The van der Waals surface area contributed by atoms with Crippen LogP contribution in [0.3, 0.4) is 0 Å². The fourth-order valence-electron chi connectivity index (χ4n) is 1.73. The van der Waals surface area contributed by atoms with Crippen LogP contribution >= 0.6 is 23.4 Å². The average molecular weight is 294 g/mol. The molecule has 0 bridgehead atoms. The summed E-state index contributed by atoms with van der Waals surface area (Å²) in [6.45, 7) is 0.114. The lowest BCUT2D eigenvalue weighted by Gasteiger charge is -2.10. The fourth-order valence-corrected chi connectivity index (χ4v) is 2.67. The minimum absolute atomic E-state index is 0.0976. The van der Waals surface area contributed by atoms with Gasteiger partial charge in [0.05, 0.1) is 0 Å². The van der Waals surface area contributed by atoms with E-state index in [1.165, 1.54) is 0 Å². The Labute approximate surface area is 122 Å². The summed E-state index contributed by atoms with van der Waals surface area (Å²) in [6.07, 6.45) is 0.587. The first-order chi connectivity index (χ1) is 9.19. The normalized spacial score (nSPS) is 12.4. The molecule has 0 saturated carbocycles. The van der Waals surface area contributed by atoms with Crippen LogP contribution in [0, 0.1) is 0 Å². The molecule has 1 unspecified atom stereocenters. The number of hydrogen-bond acceptors (Lipinski definition) is 3. The lowest BCUT2D eigenvalue weighted by Crippen LogP contribution is -2.11. The highest BCUT2D eigenvalue weighted by molar-refractivity contribution is 7.99. The largest absolute Gasteiger partial charge is 0.396 e. The van der Waals surface area contributed by atoms with Gasteiger partial charge in [0.1, 0.15) is 0 Å². The summed E-state index contributed by atoms with van der Waals surface area (Å²) in [7, 11) is 0. The van der Waals surface area contributed by atoms with Crippen molar-refractivity contribution in [2.24, 2.45) is 5.73 Å². The monoisotopic (exact) mass is 293 g/mol. The van der Waals surface area contributed by atoms with Gasteiger partial charge in [-0.1, -0.05) is 35.5 Å². The van der Waals surface area contributed by atoms with Crippen LogP contribution in [0.1, 0.15) is 18.0 Å². The predicted molar refractivity (Wildman–Crippen MR) is 80.6 cm³/mol. The van der Waals surface area contributed by atoms with Gasteiger partial charge in [0.2, 0.25) is 0 Å². The Bertz CT molecular complexity index is 513. The van der Waals surface area contributed by atoms with Gasteiger partial charge in [0.25, 0.3) is 0 Å². The first-order valence-electron chi connectivity index (χ1n) is 6.09. The third-order valence-electron chi connectivity index (χ3n) is 2.80. The van der Waals surface area contributed by atoms with Crippen molar-refractivity contribution < 1.29 is 5.11 Å². The molecule has 100 valence electrons. The Morgan fingerprint density at radius 3 is 2.05 bits per heavy atom. The summed E-state index contributed by atoms with van der Waals surface area (Å²) in [5.74, 6) is 0. The molecule has 0 heterocycles. The molecule has 2 aromatic carbocycles. The van der Waals surface area contributed by atoms with Crippen molar-refractivity contribution in [2.45, 2.75) is 22.3 Å². The minimum atomic E-state index is -0.0976. The molecule has 0 aromatic heterocycles. The molecule has 0 radical (unpaired) electrons. The summed E-state index contributed by atoms with van der Waals surface area (Å²) >= 11 is 7.54. The van der Waals surface area contributed by atoms with Gasteiger partial charge in [-0.15, -0.1) is 0 Å². The second kappa shape index (κ2) is 6.96. The molecule has 0 aliphatic heterocycles. The van der Waals surface area contributed by atoms with E-state index in [-0.39, 0.29) is 12.6 Å². The van der Waals surface area contributed by atoms with Crippen molar-refractivity contribution in [3.05, 3.63) is 59.1 Å². The van der Waals surface area contributed by atoms with Crippen LogP contribution in [0.15, 0.2) is 58.3 Å². The van der Waals surface area contributed by atoms with Crippen LogP contribution in [0.25, 0.3) is 0 Å². The topological polar surface area (TPSA) is 46.2 Å². The zero-order chi connectivity index (χ0) is 13.7. The summed E-state index contributed by atoms with van der Waals surface area (Å²) in [5.41, 5.74) is 6.99. The van der Waals surface area contributed by atoms with Gasteiger partial charge in [-0.3, -0.25) is 0 Å². The van der Waals surface area contributed by atoms with E-state index < -0.39 is 0 Å². The minimum Gasteiger partial charge on any atom is -0.396 e. The molecule has 0 aliphatic rings. The Balaban J connectivity index is 2.04. The lowest BCUT2D eigenvalue weighted by molar-refractivity contribution is 0.276. The Kier molecular flexibility index (Phi) is 5.28. The van der Waals surface area contributed by atoms with Crippen LogP contribution in [-0.2, 0) is 0 Å². The molecule has 0 fully saturated rings.